The van der Waals surface area contributed by atoms with Crippen LogP contribution in [0.2, 0.25) is 5.02 Å². The summed E-state index contributed by atoms with van der Waals surface area (Å²) in [6, 6.07) is 18.6. The molecule has 1 N–H and O–H groups in total. The van der Waals surface area contributed by atoms with Crippen LogP contribution in [-0.4, -0.2) is 35.6 Å². The number of carbonyl (C=O) groups excluding carboxylic acids is 3. The Morgan fingerprint density at radius 1 is 1.08 bits per heavy atom. The summed E-state index contributed by atoms with van der Waals surface area (Å²) >= 11 is 7.24. The van der Waals surface area contributed by atoms with Gasteiger partial charge in [0, 0.05) is 5.69 Å². The van der Waals surface area contributed by atoms with Gasteiger partial charge in [-0.2, -0.15) is 0 Å². The number of ether oxygens (including phenoxy) is 2. The number of amides is 3. The highest BCUT2D eigenvalue weighted by Gasteiger charge is 2.36. The van der Waals surface area contributed by atoms with Crippen LogP contribution in [-0.2, 0) is 16.2 Å². The average molecular weight is 537 g/mol. The maximum absolute atomic E-state index is 12.9. The molecule has 1 aliphatic rings. The Balaban J connectivity index is 1.47. The number of hydrogen-bond donors (Lipinski definition) is 1. The van der Waals surface area contributed by atoms with Crippen molar-refractivity contribution in [1.82, 2.24) is 4.90 Å². The van der Waals surface area contributed by atoms with Crippen LogP contribution in [0.15, 0.2) is 65.6 Å². The van der Waals surface area contributed by atoms with Gasteiger partial charge in [0.1, 0.15) is 13.2 Å². The van der Waals surface area contributed by atoms with E-state index in [1.807, 2.05) is 62.4 Å². The lowest BCUT2D eigenvalue weighted by Crippen LogP contribution is -2.36. The van der Waals surface area contributed by atoms with Gasteiger partial charge in [-0.1, -0.05) is 54.1 Å². The summed E-state index contributed by atoms with van der Waals surface area (Å²) in [7, 11) is 1.49. The molecule has 0 aliphatic carbocycles. The predicted octanol–water partition coefficient (Wildman–Crippen LogP) is 6.22. The molecular formula is C28H25ClN2O5S. The van der Waals surface area contributed by atoms with Crippen molar-refractivity contribution >= 4 is 52.2 Å². The number of halogens is 1. The number of carbonyl (C=O) groups is 3. The van der Waals surface area contributed by atoms with Crippen LogP contribution in [0.1, 0.15) is 22.3 Å². The van der Waals surface area contributed by atoms with Crippen molar-refractivity contribution in [3.63, 3.8) is 0 Å². The van der Waals surface area contributed by atoms with E-state index < -0.39 is 17.1 Å². The number of methoxy groups -OCH3 is 1. The second kappa shape index (κ2) is 11.5. The highest BCUT2D eigenvalue weighted by atomic mass is 35.5. The number of anilines is 1. The van der Waals surface area contributed by atoms with Gasteiger partial charge in [-0.25, -0.2) is 0 Å². The third kappa shape index (κ3) is 6.34. The molecule has 4 rings (SSSR count). The fourth-order valence-corrected chi connectivity index (χ4v) is 4.80. The maximum Gasteiger partial charge on any atom is 0.294 e. The van der Waals surface area contributed by atoms with Gasteiger partial charge in [0.25, 0.3) is 11.1 Å². The summed E-state index contributed by atoms with van der Waals surface area (Å²) < 4.78 is 11.3. The second-order valence-corrected chi connectivity index (χ2v) is 9.84. The molecule has 3 aromatic carbocycles. The first-order chi connectivity index (χ1) is 17.7. The Bertz CT molecular complexity index is 1390. The summed E-state index contributed by atoms with van der Waals surface area (Å²) in [6.07, 6.45) is 1.54. The predicted molar refractivity (Wildman–Crippen MR) is 146 cm³/mol. The minimum atomic E-state index is -0.550. The third-order valence-electron chi connectivity index (χ3n) is 5.62. The van der Waals surface area contributed by atoms with Crippen molar-refractivity contribution < 1.29 is 23.9 Å². The summed E-state index contributed by atoms with van der Waals surface area (Å²) in [5.74, 6) is -0.240. The number of nitrogens with one attached hydrogen (secondary N) is 1. The number of imide groups is 1. The fourth-order valence-electron chi connectivity index (χ4n) is 3.68. The third-order valence-corrected chi connectivity index (χ3v) is 6.81. The molecule has 190 valence electrons. The van der Waals surface area contributed by atoms with Crippen molar-refractivity contribution in [1.29, 1.82) is 0 Å². The minimum absolute atomic E-state index is 0.181. The summed E-state index contributed by atoms with van der Waals surface area (Å²) in [4.78, 5) is 39.2. The van der Waals surface area contributed by atoms with E-state index in [0.717, 1.165) is 33.4 Å². The Labute approximate surface area is 224 Å². The molecule has 1 saturated heterocycles. The fraction of sp³-hybridized carbons (Fsp3) is 0.179. The highest BCUT2D eigenvalue weighted by Crippen LogP contribution is 2.39. The number of aryl methyl sites for hydroxylation is 2. The molecule has 3 amide bonds. The van der Waals surface area contributed by atoms with Crippen molar-refractivity contribution in [3.05, 3.63) is 92.8 Å². The van der Waals surface area contributed by atoms with Crippen LogP contribution in [0.25, 0.3) is 6.08 Å². The zero-order valence-electron chi connectivity index (χ0n) is 20.5. The summed E-state index contributed by atoms with van der Waals surface area (Å²) in [5.41, 5.74) is 4.04. The van der Waals surface area contributed by atoms with Crippen molar-refractivity contribution in [2.45, 2.75) is 20.5 Å². The first-order valence-electron chi connectivity index (χ1n) is 11.4. The SMILES string of the molecule is COc1cc(/C=C2\SC(=O)N(CC(=O)Nc3cc(C)ccc3C)C2=O)cc(Cl)c1OCc1ccccc1. The van der Waals surface area contributed by atoms with Gasteiger partial charge in [0.05, 0.1) is 17.0 Å². The zero-order chi connectivity index (χ0) is 26.5. The Kier molecular flexibility index (Phi) is 8.21. The van der Waals surface area contributed by atoms with Gasteiger partial charge < -0.3 is 14.8 Å². The highest BCUT2D eigenvalue weighted by molar-refractivity contribution is 8.18. The Morgan fingerprint density at radius 2 is 1.84 bits per heavy atom. The van der Waals surface area contributed by atoms with Crippen LogP contribution in [0.4, 0.5) is 10.5 Å². The number of rotatable bonds is 8. The smallest absolute Gasteiger partial charge is 0.294 e. The van der Waals surface area contributed by atoms with E-state index in [-0.39, 0.29) is 11.4 Å². The lowest BCUT2D eigenvalue weighted by atomic mass is 10.1. The Hall–Kier alpha value is -3.75. The number of hydrogen-bond acceptors (Lipinski definition) is 6. The van der Waals surface area contributed by atoms with Crippen LogP contribution in [0, 0.1) is 13.8 Å². The van der Waals surface area contributed by atoms with Gasteiger partial charge >= 0.3 is 0 Å². The average Bonchev–Trinajstić information content (AvgIpc) is 3.13. The van der Waals surface area contributed by atoms with E-state index in [1.54, 1.807) is 18.2 Å². The van der Waals surface area contributed by atoms with Gasteiger partial charge in [-0.15, -0.1) is 0 Å². The minimum Gasteiger partial charge on any atom is -0.493 e. The molecule has 1 aliphatic heterocycles. The van der Waals surface area contributed by atoms with E-state index in [1.165, 1.54) is 7.11 Å². The number of nitrogens with zero attached hydrogens (tertiary/aromatic N) is 1. The molecular weight excluding hydrogens is 512 g/mol. The lowest BCUT2D eigenvalue weighted by Gasteiger charge is -2.14. The van der Waals surface area contributed by atoms with Gasteiger partial charge in [0.2, 0.25) is 5.91 Å². The van der Waals surface area contributed by atoms with E-state index in [2.05, 4.69) is 5.32 Å². The van der Waals surface area contributed by atoms with E-state index in [9.17, 15) is 14.4 Å². The molecule has 1 heterocycles. The molecule has 0 aromatic heterocycles. The molecule has 0 bridgehead atoms. The maximum atomic E-state index is 12.9. The van der Waals surface area contributed by atoms with Crippen LogP contribution in [0.3, 0.4) is 0 Å². The number of thioether (sulfide) groups is 1. The molecule has 9 heteroatoms. The summed E-state index contributed by atoms with van der Waals surface area (Å²) in [6.45, 7) is 3.71. The van der Waals surface area contributed by atoms with Gasteiger partial charge in [-0.05, 0) is 72.1 Å². The molecule has 37 heavy (non-hydrogen) atoms. The standard InChI is InChI=1S/C28H25ClN2O5S/c1-17-9-10-18(2)22(11-17)30-25(32)15-31-27(33)24(37-28(31)34)14-20-12-21(29)26(23(13-20)35-3)36-16-19-7-5-4-6-8-19/h4-14H,15-16H2,1-3H3,(H,30,32)/b24-14-. The topological polar surface area (TPSA) is 84.9 Å². The molecule has 0 unspecified atom stereocenters. The summed E-state index contributed by atoms with van der Waals surface area (Å²) in [5, 5.41) is 2.55. The van der Waals surface area contributed by atoms with Gasteiger partial charge in [0.15, 0.2) is 11.5 Å². The number of benzene rings is 3. The van der Waals surface area contributed by atoms with Crippen LogP contribution in [0.5, 0.6) is 11.5 Å². The molecule has 1 fully saturated rings. The zero-order valence-corrected chi connectivity index (χ0v) is 22.1. The molecule has 3 aromatic rings. The van der Waals surface area contributed by atoms with E-state index in [4.69, 9.17) is 21.1 Å². The Morgan fingerprint density at radius 3 is 2.57 bits per heavy atom. The quantitative estimate of drug-likeness (QED) is 0.344. The van der Waals surface area contributed by atoms with E-state index >= 15 is 0 Å². The molecule has 0 saturated carbocycles. The van der Waals surface area contributed by atoms with Crippen LogP contribution < -0.4 is 14.8 Å². The molecule has 0 spiro atoms. The second-order valence-electron chi connectivity index (χ2n) is 8.44. The monoisotopic (exact) mass is 536 g/mol. The first kappa shape index (κ1) is 26.3. The molecule has 0 radical (unpaired) electrons. The van der Waals surface area contributed by atoms with Crippen LogP contribution >= 0.6 is 23.4 Å². The van der Waals surface area contributed by atoms with Crippen molar-refractivity contribution in [3.8, 4) is 11.5 Å². The van der Waals surface area contributed by atoms with Crippen molar-refractivity contribution in [2.75, 3.05) is 19.0 Å². The molecule has 7 nitrogen and oxygen atoms in total. The van der Waals surface area contributed by atoms with Crippen molar-refractivity contribution in [2.24, 2.45) is 0 Å². The normalized spacial score (nSPS) is 14.3. The largest absolute Gasteiger partial charge is 0.493 e. The molecule has 0 atom stereocenters. The lowest BCUT2D eigenvalue weighted by molar-refractivity contribution is -0.127. The first-order valence-corrected chi connectivity index (χ1v) is 12.6. The van der Waals surface area contributed by atoms with E-state index in [0.29, 0.717) is 34.4 Å². The van der Waals surface area contributed by atoms with Gasteiger partial charge in [-0.3, -0.25) is 19.3 Å².